The Bertz CT molecular complexity index is 451. The van der Waals surface area contributed by atoms with E-state index < -0.39 is 0 Å². The van der Waals surface area contributed by atoms with Crippen molar-refractivity contribution < 1.29 is 14.3 Å². The lowest BCUT2D eigenvalue weighted by Crippen LogP contribution is -2.51. The quantitative estimate of drug-likeness (QED) is 0.828. The first-order chi connectivity index (χ1) is 9.79. The van der Waals surface area contributed by atoms with E-state index in [9.17, 15) is 4.79 Å². The number of morpholine rings is 1. The molecule has 1 aromatic rings. The summed E-state index contributed by atoms with van der Waals surface area (Å²) in [6.07, 6.45) is 0.143. The number of nitrogens with zero attached hydrogens (tertiary/aromatic N) is 2. The monoisotopic (exact) mass is 296 g/mol. The van der Waals surface area contributed by atoms with Crippen LogP contribution in [0, 0.1) is 0 Å². The van der Waals surface area contributed by atoms with Crippen LogP contribution < -0.4 is 0 Å². The van der Waals surface area contributed by atoms with E-state index in [0.717, 1.165) is 37.7 Å². The van der Waals surface area contributed by atoms with Gasteiger partial charge in [-0.05, 0) is 11.4 Å². The topological polar surface area (TPSA) is 42.0 Å². The van der Waals surface area contributed by atoms with Gasteiger partial charge in [-0.3, -0.25) is 9.69 Å². The predicted molar refractivity (Wildman–Crippen MR) is 77.2 cm³/mol. The maximum absolute atomic E-state index is 12.4. The Morgan fingerprint density at radius 3 is 3.20 bits per heavy atom. The second-order valence-corrected chi connectivity index (χ2v) is 6.14. The highest BCUT2D eigenvalue weighted by Crippen LogP contribution is 2.25. The first-order valence-electron chi connectivity index (χ1n) is 6.97. The standard InChI is InChI=1S/C14H20N2O3S/c1-18-6-4-15-5-7-19-12-10-16(9-11(12)15)14(17)13-3-2-8-20-13/h2-3,8,11-12H,4-7,9-10H2,1H3/t11-,12+/m1/s1. The smallest absolute Gasteiger partial charge is 0.264 e. The van der Waals surface area contributed by atoms with E-state index in [0.29, 0.717) is 12.6 Å². The minimum atomic E-state index is 0.129. The van der Waals surface area contributed by atoms with Crippen molar-refractivity contribution >= 4 is 17.2 Å². The third-order valence-electron chi connectivity index (χ3n) is 4.02. The molecular weight excluding hydrogens is 276 g/mol. The molecule has 5 nitrogen and oxygen atoms in total. The van der Waals surface area contributed by atoms with Crippen LogP contribution in [0.5, 0.6) is 0 Å². The van der Waals surface area contributed by atoms with Crippen LogP contribution in [0.3, 0.4) is 0 Å². The molecule has 0 unspecified atom stereocenters. The van der Waals surface area contributed by atoms with Crippen molar-refractivity contribution in [3.8, 4) is 0 Å². The molecule has 2 aliphatic heterocycles. The van der Waals surface area contributed by atoms with E-state index in [2.05, 4.69) is 4.90 Å². The van der Waals surface area contributed by atoms with Crippen LogP contribution in [0.25, 0.3) is 0 Å². The van der Waals surface area contributed by atoms with Crippen molar-refractivity contribution in [2.75, 3.05) is 46.5 Å². The summed E-state index contributed by atoms with van der Waals surface area (Å²) in [6.45, 7) is 4.75. The Kier molecular flexibility index (Phi) is 4.35. The van der Waals surface area contributed by atoms with Crippen molar-refractivity contribution in [3.05, 3.63) is 22.4 Å². The van der Waals surface area contributed by atoms with Gasteiger partial charge in [0.25, 0.3) is 5.91 Å². The average Bonchev–Trinajstić information content (AvgIpc) is 3.12. The van der Waals surface area contributed by atoms with Crippen molar-refractivity contribution in [2.45, 2.75) is 12.1 Å². The van der Waals surface area contributed by atoms with E-state index in [1.165, 1.54) is 11.3 Å². The number of hydrogen-bond acceptors (Lipinski definition) is 5. The van der Waals surface area contributed by atoms with Crippen molar-refractivity contribution in [2.24, 2.45) is 0 Å². The fourth-order valence-electron chi connectivity index (χ4n) is 2.97. The molecule has 2 aliphatic rings. The van der Waals surface area contributed by atoms with Gasteiger partial charge in [-0.2, -0.15) is 0 Å². The molecule has 6 heteroatoms. The molecule has 0 aromatic carbocycles. The first-order valence-corrected chi connectivity index (χ1v) is 7.85. The Labute approximate surface area is 123 Å². The molecule has 2 fully saturated rings. The van der Waals surface area contributed by atoms with E-state index in [4.69, 9.17) is 9.47 Å². The summed E-state index contributed by atoms with van der Waals surface area (Å²) >= 11 is 1.50. The zero-order valence-electron chi connectivity index (χ0n) is 11.7. The lowest BCUT2D eigenvalue weighted by atomic mass is 10.1. The van der Waals surface area contributed by atoms with Gasteiger partial charge < -0.3 is 14.4 Å². The number of amides is 1. The average molecular weight is 296 g/mol. The lowest BCUT2D eigenvalue weighted by Gasteiger charge is -2.36. The maximum Gasteiger partial charge on any atom is 0.264 e. The van der Waals surface area contributed by atoms with Crippen LogP contribution >= 0.6 is 11.3 Å². The molecule has 3 rings (SSSR count). The largest absolute Gasteiger partial charge is 0.383 e. The van der Waals surface area contributed by atoms with E-state index in [1.807, 2.05) is 22.4 Å². The second kappa shape index (κ2) is 6.22. The van der Waals surface area contributed by atoms with Crippen LogP contribution in [0.15, 0.2) is 17.5 Å². The van der Waals surface area contributed by atoms with Gasteiger partial charge >= 0.3 is 0 Å². The Morgan fingerprint density at radius 2 is 2.45 bits per heavy atom. The molecule has 2 atom stereocenters. The summed E-state index contributed by atoms with van der Waals surface area (Å²) in [4.78, 5) is 17.5. The fourth-order valence-corrected chi connectivity index (χ4v) is 3.66. The highest BCUT2D eigenvalue weighted by Gasteiger charge is 2.41. The summed E-state index contributed by atoms with van der Waals surface area (Å²) in [5.74, 6) is 0.129. The maximum atomic E-state index is 12.4. The van der Waals surface area contributed by atoms with Crippen molar-refractivity contribution in [3.63, 3.8) is 0 Å². The molecule has 2 saturated heterocycles. The zero-order valence-corrected chi connectivity index (χ0v) is 12.5. The molecule has 20 heavy (non-hydrogen) atoms. The molecule has 1 aromatic heterocycles. The number of methoxy groups -OCH3 is 1. The highest BCUT2D eigenvalue weighted by atomic mass is 32.1. The fraction of sp³-hybridized carbons (Fsp3) is 0.643. The van der Waals surface area contributed by atoms with Crippen LogP contribution in [0.4, 0.5) is 0 Å². The van der Waals surface area contributed by atoms with E-state index >= 15 is 0 Å². The van der Waals surface area contributed by atoms with Crippen molar-refractivity contribution in [1.29, 1.82) is 0 Å². The van der Waals surface area contributed by atoms with Gasteiger partial charge in [-0.1, -0.05) is 6.07 Å². The molecule has 0 spiro atoms. The SMILES string of the molecule is COCCN1CCO[C@H]2CN(C(=O)c3cccs3)C[C@H]21. The third kappa shape index (κ3) is 2.74. The number of fused-ring (bicyclic) bond motifs is 1. The molecular formula is C14H20N2O3S. The summed E-state index contributed by atoms with van der Waals surface area (Å²) in [5.41, 5.74) is 0. The van der Waals surface area contributed by atoms with Gasteiger partial charge in [0.1, 0.15) is 0 Å². The second-order valence-electron chi connectivity index (χ2n) is 5.19. The zero-order chi connectivity index (χ0) is 13.9. The molecule has 0 radical (unpaired) electrons. The normalized spacial score (nSPS) is 26.8. The molecule has 0 N–H and O–H groups in total. The predicted octanol–water partition coefficient (Wildman–Crippen LogP) is 0.920. The van der Waals surface area contributed by atoms with Gasteiger partial charge in [-0.15, -0.1) is 11.3 Å². The van der Waals surface area contributed by atoms with Gasteiger partial charge in [0, 0.05) is 33.3 Å². The van der Waals surface area contributed by atoms with Gasteiger partial charge in [0.2, 0.25) is 0 Å². The van der Waals surface area contributed by atoms with Crippen LogP contribution in [0.2, 0.25) is 0 Å². The van der Waals surface area contributed by atoms with Crippen molar-refractivity contribution in [1.82, 2.24) is 9.80 Å². The van der Waals surface area contributed by atoms with Crippen LogP contribution in [0.1, 0.15) is 9.67 Å². The molecule has 3 heterocycles. The molecule has 1 amide bonds. The van der Waals surface area contributed by atoms with Gasteiger partial charge in [-0.25, -0.2) is 0 Å². The Morgan fingerprint density at radius 1 is 1.55 bits per heavy atom. The molecule has 0 aliphatic carbocycles. The third-order valence-corrected chi connectivity index (χ3v) is 4.88. The minimum absolute atomic E-state index is 0.129. The summed E-state index contributed by atoms with van der Waals surface area (Å²) in [5, 5.41) is 1.94. The number of hydrogen-bond donors (Lipinski definition) is 0. The number of likely N-dealkylation sites (tertiary alicyclic amines) is 1. The van der Waals surface area contributed by atoms with Gasteiger partial charge in [0.15, 0.2) is 0 Å². The molecule has 110 valence electrons. The molecule has 0 saturated carbocycles. The van der Waals surface area contributed by atoms with Crippen LogP contribution in [-0.4, -0.2) is 74.4 Å². The number of thiophene rings is 1. The highest BCUT2D eigenvalue weighted by molar-refractivity contribution is 7.12. The van der Waals surface area contributed by atoms with E-state index in [1.54, 1.807) is 7.11 Å². The van der Waals surface area contributed by atoms with Crippen LogP contribution in [-0.2, 0) is 9.47 Å². The van der Waals surface area contributed by atoms with Gasteiger partial charge in [0.05, 0.1) is 30.2 Å². The summed E-state index contributed by atoms with van der Waals surface area (Å²) in [7, 11) is 1.72. The number of ether oxygens (including phenoxy) is 2. The van der Waals surface area contributed by atoms with E-state index in [-0.39, 0.29) is 12.0 Å². The Hall–Kier alpha value is -0.950. The number of carbonyl (C=O) groups excluding carboxylic acids is 1. The Balaban J connectivity index is 1.66. The summed E-state index contributed by atoms with van der Waals surface area (Å²) < 4.78 is 11.0. The lowest BCUT2D eigenvalue weighted by molar-refractivity contribution is -0.0526. The number of carbonyl (C=O) groups is 1. The number of rotatable bonds is 4. The first kappa shape index (κ1) is 14.0. The minimum Gasteiger partial charge on any atom is -0.383 e. The molecule has 0 bridgehead atoms. The summed E-state index contributed by atoms with van der Waals surface area (Å²) in [6, 6.07) is 4.11.